The Morgan fingerprint density at radius 1 is 0.550 bits per heavy atom. The van der Waals surface area contributed by atoms with Gasteiger partial charge in [0.15, 0.2) is 0 Å². The number of carbonyl (C=O) groups is 4. The molecule has 2 aromatic carbocycles. The van der Waals surface area contributed by atoms with Crippen LogP contribution in [0, 0.1) is 23.7 Å². The van der Waals surface area contributed by atoms with Gasteiger partial charge in [0, 0.05) is 24.0 Å². The molecule has 0 aromatic heterocycles. The number of ether oxygens (including phenoxy) is 4. The summed E-state index contributed by atoms with van der Waals surface area (Å²) in [7, 11) is 0. The summed E-state index contributed by atoms with van der Waals surface area (Å²) in [6.45, 7) is 7.69. The lowest BCUT2D eigenvalue weighted by molar-refractivity contribution is 0.0506. The SMILES string of the molecule is CCOC(=O)c1ccc(C#CCCCCC#Cc2ccc(C(=O)OCC)cc2C(=O)OCC)c(C(=O)OCC)c1. The average Bonchev–Trinajstić information content (AvgIpc) is 2.95. The minimum atomic E-state index is -0.550. The molecule has 0 aliphatic heterocycles. The summed E-state index contributed by atoms with van der Waals surface area (Å²) in [6.07, 6.45) is 2.69. The van der Waals surface area contributed by atoms with Crippen molar-refractivity contribution in [1.29, 1.82) is 0 Å². The van der Waals surface area contributed by atoms with Crippen molar-refractivity contribution in [3.63, 3.8) is 0 Å². The zero-order valence-electron chi connectivity index (χ0n) is 23.4. The Kier molecular flexibility index (Phi) is 13.5. The van der Waals surface area contributed by atoms with Crippen molar-refractivity contribution in [3.8, 4) is 23.7 Å². The summed E-state index contributed by atoms with van der Waals surface area (Å²) < 4.78 is 20.2. The van der Waals surface area contributed by atoms with Gasteiger partial charge >= 0.3 is 23.9 Å². The van der Waals surface area contributed by atoms with Gasteiger partial charge in [-0.3, -0.25) is 0 Å². The molecule has 0 heterocycles. The number of hydrogen-bond acceptors (Lipinski definition) is 8. The molecule has 0 atom stereocenters. The highest BCUT2D eigenvalue weighted by Gasteiger charge is 2.17. The highest BCUT2D eigenvalue weighted by Crippen LogP contribution is 2.16. The minimum Gasteiger partial charge on any atom is -0.462 e. The van der Waals surface area contributed by atoms with Crippen LogP contribution in [0.15, 0.2) is 36.4 Å². The van der Waals surface area contributed by atoms with E-state index in [0.29, 0.717) is 24.0 Å². The molecule has 0 spiro atoms. The standard InChI is InChI=1S/C32H34O8/c1-5-37-29(33)25-19-17-23(27(21-25)31(35)39-7-3)15-13-11-9-10-12-14-16-24-18-20-26(30(34)38-6-2)22-28(24)32(36)40-8-4/h17-22H,5-12H2,1-4H3. The van der Waals surface area contributed by atoms with Crippen molar-refractivity contribution >= 4 is 23.9 Å². The third-order valence-corrected chi connectivity index (χ3v) is 5.35. The first kappa shape index (κ1) is 31.7. The van der Waals surface area contributed by atoms with E-state index in [4.69, 9.17) is 18.9 Å². The van der Waals surface area contributed by atoms with Crippen molar-refractivity contribution < 1.29 is 38.1 Å². The summed E-state index contributed by atoms with van der Waals surface area (Å²) in [5, 5.41) is 0. The zero-order chi connectivity index (χ0) is 29.3. The Bertz CT molecular complexity index is 1230. The van der Waals surface area contributed by atoms with E-state index in [2.05, 4.69) is 23.7 Å². The van der Waals surface area contributed by atoms with Crippen molar-refractivity contribution in [2.45, 2.75) is 53.4 Å². The van der Waals surface area contributed by atoms with Gasteiger partial charge in [-0.05, 0) is 76.9 Å². The van der Waals surface area contributed by atoms with Crippen LogP contribution in [0.4, 0.5) is 0 Å². The molecule has 0 unspecified atom stereocenters. The maximum Gasteiger partial charge on any atom is 0.339 e. The lowest BCUT2D eigenvalue weighted by Gasteiger charge is -2.07. The second-order valence-corrected chi connectivity index (χ2v) is 8.21. The highest BCUT2D eigenvalue weighted by molar-refractivity contribution is 5.98. The van der Waals surface area contributed by atoms with Gasteiger partial charge in [-0.2, -0.15) is 0 Å². The predicted octanol–water partition coefficient (Wildman–Crippen LogP) is 5.36. The van der Waals surface area contributed by atoms with Crippen LogP contribution in [0.3, 0.4) is 0 Å². The van der Waals surface area contributed by atoms with Crippen LogP contribution in [0.1, 0.15) is 106 Å². The number of unbranched alkanes of at least 4 members (excludes halogenated alkanes) is 3. The third kappa shape index (κ3) is 9.63. The molecule has 0 aliphatic carbocycles. The van der Waals surface area contributed by atoms with Gasteiger partial charge in [0.25, 0.3) is 0 Å². The molecule has 2 rings (SSSR count). The first-order valence-corrected chi connectivity index (χ1v) is 13.3. The van der Waals surface area contributed by atoms with Crippen molar-refractivity contribution in [3.05, 3.63) is 69.8 Å². The predicted molar refractivity (Wildman–Crippen MR) is 149 cm³/mol. The molecule has 2 aromatic rings. The van der Waals surface area contributed by atoms with Gasteiger partial charge in [-0.1, -0.05) is 23.7 Å². The Morgan fingerprint density at radius 3 is 1.25 bits per heavy atom. The fraction of sp³-hybridized carbons (Fsp3) is 0.375. The molecule has 0 saturated carbocycles. The van der Waals surface area contributed by atoms with E-state index in [-0.39, 0.29) is 48.7 Å². The summed E-state index contributed by atoms with van der Waals surface area (Å²) in [6, 6.07) is 9.27. The molecular weight excluding hydrogens is 512 g/mol. The van der Waals surface area contributed by atoms with E-state index in [1.165, 1.54) is 12.1 Å². The largest absolute Gasteiger partial charge is 0.462 e. The number of rotatable bonds is 11. The van der Waals surface area contributed by atoms with Crippen LogP contribution in [-0.4, -0.2) is 50.3 Å². The first-order chi connectivity index (χ1) is 19.4. The fourth-order valence-electron chi connectivity index (χ4n) is 3.49. The molecule has 0 saturated heterocycles. The topological polar surface area (TPSA) is 105 Å². The maximum atomic E-state index is 12.4. The number of hydrogen-bond donors (Lipinski definition) is 0. The molecule has 0 bridgehead atoms. The van der Waals surface area contributed by atoms with E-state index in [1.807, 2.05) is 0 Å². The van der Waals surface area contributed by atoms with E-state index in [0.717, 1.165) is 12.8 Å². The molecule has 0 amide bonds. The van der Waals surface area contributed by atoms with Crippen LogP contribution >= 0.6 is 0 Å². The van der Waals surface area contributed by atoms with Gasteiger partial charge in [-0.15, -0.1) is 0 Å². The lowest BCUT2D eigenvalue weighted by atomic mass is 10.0. The van der Waals surface area contributed by atoms with Gasteiger partial charge in [-0.25, -0.2) is 19.2 Å². The second-order valence-electron chi connectivity index (χ2n) is 8.21. The monoisotopic (exact) mass is 546 g/mol. The van der Waals surface area contributed by atoms with Gasteiger partial charge in [0.1, 0.15) is 0 Å². The van der Waals surface area contributed by atoms with Crippen molar-refractivity contribution in [2.24, 2.45) is 0 Å². The molecule has 0 fully saturated rings. The molecule has 8 heteroatoms. The Labute approximate surface area is 235 Å². The Hall–Kier alpha value is -4.56. The number of benzene rings is 2. The first-order valence-electron chi connectivity index (χ1n) is 13.3. The van der Waals surface area contributed by atoms with Gasteiger partial charge in [0.05, 0.1) is 48.7 Å². The molecular formula is C32H34O8. The van der Waals surface area contributed by atoms with E-state index in [9.17, 15) is 19.2 Å². The highest BCUT2D eigenvalue weighted by atomic mass is 16.5. The normalized spacial score (nSPS) is 9.80. The zero-order valence-corrected chi connectivity index (χ0v) is 23.4. The van der Waals surface area contributed by atoms with Crippen LogP contribution in [0.25, 0.3) is 0 Å². The van der Waals surface area contributed by atoms with Crippen LogP contribution < -0.4 is 0 Å². The maximum absolute atomic E-state index is 12.4. The van der Waals surface area contributed by atoms with Crippen LogP contribution in [-0.2, 0) is 18.9 Å². The molecule has 40 heavy (non-hydrogen) atoms. The molecule has 0 radical (unpaired) electrons. The van der Waals surface area contributed by atoms with E-state index < -0.39 is 23.9 Å². The third-order valence-electron chi connectivity index (χ3n) is 5.35. The summed E-state index contributed by atoms with van der Waals surface area (Å²) in [5.74, 6) is 9.98. The van der Waals surface area contributed by atoms with Crippen LogP contribution in [0.5, 0.6) is 0 Å². The Morgan fingerprint density at radius 2 is 0.900 bits per heavy atom. The van der Waals surface area contributed by atoms with E-state index in [1.54, 1.807) is 52.0 Å². The van der Waals surface area contributed by atoms with Gasteiger partial charge < -0.3 is 18.9 Å². The summed E-state index contributed by atoms with van der Waals surface area (Å²) in [4.78, 5) is 48.9. The second kappa shape index (κ2) is 17.1. The van der Waals surface area contributed by atoms with Crippen molar-refractivity contribution in [2.75, 3.05) is 26.4 Å². The minimum absolute atomic E-state index is 0.202. The molecule has 0 N–H and O–H groups in total. The van der Waals surface area contributed by atoms with Crippen molar-refractivity contribution in [1.82, 2.24) is 0 Å². The number of carbonyl (C=O) groups excluding carboxylic acids is 4. The van der Waals surface area contributed by atoms with E-state index >= 15 is 0 Å². The average molecular weight is 547 g/mol. The Balaban J connectivity index is 2.03. The number of esters is 4. The van der Waals surface area contributed by atoms with Gasteiger partial charge in [0.2, 0.25) is 0 Å². The fourth-order valence-corrected chi connectivity index (χ4v) is 3.49. The molecule has 8 nitrogen and oxygen atoms in total. The molecule has 0 aliphatic rings. The van der Waals surface area contributed by atoms with Crippen LogP contribution in [0.2, 0.25) is 0 Å². The smallest absolute Gasteiger partial charge is 0.339 e. The molecule has 210 valence electrons. The summed E-state index contributed by atoms with van der Waals surface area (Å²) >= 11 is 0. The lowest BCUT2D eigenvalue weighted by Crippen LogP contribution is -2.11. The quantitative estimate of drug-likeness (QED) is 0.161. The summed E-state index contributed by atoms with van der Waals surface area (Å²) in [5.41, 5.74) is 1.91.